The molecule has 3 heterocycles. The predicted octanol–water partition coefficient (Wildman–Crippen LogP) is 2.65. The van der Waals surface area contributed by atoms with Gasteiger partial charge in [0.25, 0.3) is 0 Å². The molecule has 0 bridgehead atoms. The van der Waals surface area contributed by atoms with Crippen LogP contribution in [0.15, 0.2) is 51.7 Å². The van der Waals surface area contributed by atoms with E-state index in [2.05, 4.69) is 26.6 Å². The van der Waals surface area contributed by atoms with E-state index in [0.717, 1.165) is 42.9 Å². The van der Waals surface area contributed by atoms with Gasteiger partial charge >= 0.3 is 5.63 Å². The van der Waals surface area contributed by atoms with Crippen LogP contribution in [0.5, 0.6) is 0 Å². The number of rotatable bonds is 3. The Morgan fingerprint density at radius 3 is 2.80 bits per heavy atom. The Labute approximate surface area is 145 Å². The number of nitrogens with zero attached hydrogens (tertiary/aromatic N) is 2. The van der Waals surface area contributed by atoms with E-state index >= 15 is 0 Å². The summed E-state index contributed by atoms with van der Waals surface area (Å²) in [6, 6.07) is 13.4. The molecule has 0 atom stereocenters. The molecular formula is C19H20N4O2. The summed E-state index contributed by atoms with van der Waals surface area (Å²) in [6.07, 6.45) is 0. The highest BCUT2D eigenvalue weighted by molar-refractivity contribution is 5.83. The average molecular weight is 336 g/mol. The van der Waals surface area contributed by atoms with Gasteiger partial charge in [0.15, 0.2) is 0 Å². The van der Waals surface area contributed by atoms with Gasteiger partial charge in [0, 0.05) is 49.0 Å². The van der Waals surface area contributed by atoms with E-state index in [1.807, 2.05) is 43.3 Å². The molecule has 0 saturated carbocycles. The molecule has 128 valence electrons. The number of anilines is 3. The Balaban J connectivity index is 1.66. The van der Waals surface area contributed by atoms with Gasteiger partial charge in [-0.05, 0) is 37.3 Å². The summed E-state index contributed by atoms with van der Waals surface area (Å²) in [5.41, 5.74) is 2.56. The van der Waals surface area contributed by atoms with Crippen LogP contribution in [0.4, 0.5) is 17.2 Å². The molecule has 4 rings (SSSR count). The van der Waals surface area contributed by atoms with E-state index in [4.69, 9.17) is 4.42 Å². The summed E-state index contributed by atoms with van der Waals surface area (Å²) in [5, 5.41) is 7.27. The van der Waals surface area contributed by atoms with Crippen LogP contribution >= 0.6 is 0 Å². The second-order valence-electron chi connectivity index (χ2n) is 6.20. The normalized spacial score (nSPS) is 14.7. The van der Waals surface area contributed by atoms with Crippen molar-refractivity contribution in [3.05, 3.63) is 58.6 Å². The second-order valence-corrected chi connectivity index (χ2v) is 6.20. The predicted molar refractivity (Wildman–Crippen MR) is 99.8 cm³/mol. The smallest absolute Gasteiger partial charge is 0.360 e. The third kappa shape index (κ3) is 3.34. The lowest BCUT2D eigenvalue weighted by Gasteiger charge is -2.29. The Morgan fingerprint density at radius 1 is 1.16 bits per heavy atom. The van der Waals surface area contributed by atoms with Gasteiger partial charge < -0.3 is 20.0 Å². The highest BCUT2D eigenvalue weighted by Gasteiger charge is 2.12. The van der Waals surface area contributed by atoms with Crippen molar-refractivity contribution in [1.29, 1.82) is 0 Å². The van der Waals surface area contributed by atoms with Gasteiger partial charge in [0.05, 0.1) is 0 Å². The molecule has 2 aromatic heterocycles. The first-order valence-electron chi connectivity index (χ1n) is 8.43. The highest BCUT2D eigenvalue weighted by atomic mass is 16.4. The maximum atomic E-state index is 12.3. The van der Waals surface area contributed by atoms with Crippen molar-refractivity contribution in [3.63, 3.8) is 0 Å². The van der Waals surface area contributed by atoms with Crippen LogP contribution in [-0.4, -0.2) is 31.2 Å². The van der Waals surface area contributed by atoms with Gasteiger partial charge in [-0.1, -0.05) is 6.07 Å². The molecule has 1 fully saturated rings. The Kier molecular flexibility index (Phi) is 4.11. The lowest BCUT2D eigenvalue weighted by Crippen LogP contribution is -2.43. The van der Waals surface area contributed by atoms with E-state index in [9.17, 15) is 4.79 Å². The van der Waals surface area contributed by atoms with Crippen molar-refractivity contribution in [2.24, 2.45) is 0 Å². The van der Waals surface area contributed by atoms with E-state index in [1.54, 1.807) is 0 Å². The van der Waals surface area contributed by atoms with Crippen molar-refractivity contribution in [2.75, 3.05) is 36.4 Å². The minimum Gasteiger partial charge on any atom is -0.421 e. The topological polar surface area (TPSA) is 70.4 Å². The zero-order chi connectivity index (χ0) is 17.2. The zero-order valence-electron chi connectivity index (χ0n) is 14.1. The molecule has 25 heavy (non-hydrogen) atoms. The molecule has 1 saturated heterocycles. The van der Waals surface area contributed by atoms with Gasteiger partial charge in [0.2, 0.25) is 0 Å². The fourth-order valence-corrected chi connectivity index (χ4v) is 3.06. The third-order valence-corrected chi connectivity index (χ3v) is 4.35. The average Bonchev–Trinajstić information content (AvgIpc) is 2.63. The largest absolute Gasteiger partial charge is 0.421 e. The molecule has 6 nitrogen and oxygen atoms in total. The quantitative estimate of drug-likeness (QED) is 0.717. The molecule has 1 aromatic carbocycles. The van der Waals surface area contributed by atoms with Crippen LogP contribution in [0.2, 0.25) is 0 Å². The first kappa shape index (κ1) is 15.7. The number of fused-ring (bicyclic) bond motifs is 1. The Bertz CT molecular complexity index is 961. The van der Waals surface area contributed by atoms with Gasteiger partial charge in [-0.15, -0.1) is 0 Å². The van der Waals surface area contributed by atoms with Crippen LogP contribution in [0.25, 0.3) is 11.0 Å². The fraction of sp³-hybridized carbons (Fsp3) is 0.263. The van der Waals surface area contributed by atoms with Crippen molar-refractivity contribution in [1.82, 2.24) is 10.3 Å². The van der Waals surface area contributed by atoms with E-state index in [0.29, 0.717) is 17.1 Å². The minimum atomic E-state index is -0.395. The first-order chi connectivity index (χ1) is 12.2. The minimum absolute atomic E-state index is 0.389. The highest BCUT2D eigenvalue weighted by Crippen LogP contribution is 2.24. The molecule has 0 aliphatic carbocycles. The Morgan fingerprint density at radius 2 is 2.00 bits per heavy atom. The number of nitrogens with one attached hydrogen (secondary N) is 2. The number of piperazine rings is 1. The lowest BCUT2D eigenvalue weighted by molar-refractivity contribution is 0.562. The number of benzene rings is 1. The van der Waals surface area contributed by atoms with Crippen LogP contribution in [0.1, 0.15) is 5.69 Å². The van der Waals surface area contributed by atoms with Crippen molar-refractivity contribution >= 4 is 28.2 Å². The summed E-state index contributed by atoms with van der Waals surface area (Å²) < 4.78 is 5.54. The number of hydrogen-bond acceptors (Lipinski definition) is 6. The first-order valence-corrected chi connectivity index (χ1v) is 8.43. The SMILES string of the molecule is Cc1cccc(Nc2cc3ccc(N4CCNCC4)cc3oc2=O)n1. The van der Waals surface area contributed by atoms with E-state index < -0.39 is 5.63 Å². The number of aromatic nitrogens is 1. The molecule has 1 aliphatic heterocycles. The van der Waals surface area contributed by atoms with Crippen molar-refractivity contribution in [2.45, 2.75) is 6.92 Å². The van der Waals surface area contributed by atoms with Gasteiger partial charge in [0.1, 0.15) is 17.1 Å². The van der Waals surface area contributed by atoms with Crippen molar-refractivity contribution in [3.8, 4) is 0 Å². The summed E-state index contributed by atoms with van der Waals surface area (Å²) in [4.78, 5) is 19.0. The molecule has 0 radical (unpaired) electrons. The fourth-order valence-electron chi connectivity index (χ4n) is 3.06. The van der Waals surface area contributed by atoms with Gasteiger partial charge in [-0.25, -0.2) is 9.78 Å². The molecule has 2 N–H and O–H groups in total. The van der Waals surface area contributed by atoms with Crippen LogP contribution in [0, 0.1) is 6.92 Å². The molecule has 3 aromatic rings. The second kappa shape index (κ2) is 6.57. The summed E-state index contributed by atoms with van der Waals surface area (Å²) in [7, 11) is 0. The molecular weight excluding hydrogens is 316 g/mol. The van der Waals surface area contributed by atoms with E-state index in [1.165, 1.54) is 0 Å². The summed E-state index contributed by atoms with van der Waals surface area (Å²) >= 11 is 0. The molecule has 0 unspecified atom stereocenters. The van der Waals surface area contributed by atoms with Gasteiger partial charge in [-0.2, -0.15) is 0 Å². The molecule has 0 amide bonds. The van der Waals surface area contributed by atoms with Crippen molar-refractivity contribution < 1.29 is 4.42 Å². The summed E-state index contributed by atoms with van der Waals surface area (Å²) in [5.74, 6) is 0.629. The standard InChI is InChI=1S/C19H20N4O2/c1-13-3-2-4-18(21-13)22-16-11-14-5-6-15(12-17(14)25-19(16)24)23-9-7-20-8-10-23/h2-6,11-12,20H,7-10H2,1H3,(H,21,22). The molecule has 6 heteroatoms. The number of hydrogen-bond donors (Lipinski definition) is 2. The molecule has 1 aliphatic rings. The maximum absolute atomic E-state index is 12.3. The van der Waals surface area contributed by atoms with Crippen LogP contribution in [0.3, 0.4) is 0 Å². The maximum Gasteiger partial charge on any atom is 0.360 e. The number of aryl methyl sites for hydroxylation is 1. The van der Waals surface area contributed by atoms with Crippen LogP contribution in [-0.2, 0) is 0 Å². The lowest BCUT2D eigenvalue weighted by atomic mass is 10.2. The monoisotopic (exact) mass is 336 g/mol. The number of pyridine rings is 1. The third-order valence-electron chi connectivity index (χ3n) is 4.35. The summed E-state index contributed by atoms with van der Waals surface area (Å²) in [6.45, 7) is 5.75. The van der Waals surface area contributed by atoms with Crippen LogP contribution < -0.4 is 21.2 Å². The van der Waals surface area contributed by atoms with Gasteiger partial charge in [-0.3, -0.25) is 0 Å². The van der Waals surface area contributed by atoms with E-state index in [-0.39, 0.29) is 0 Å². The zero-order valence-corrected chi connectivity index (χ0v) is 14.1. The Hall–Kier alpha value is -2.86. The molecule has 0 spiro atoms.